The molecule has 2 fully saturated rings. The summed E-state index contributed by atoms with van der Waals surface area (Å²) in [5.74, 6) is -1.60. The first kappa shape index (κ1) is 29.5. The molecule has 230 valence electrons. The van der Waals surface area contributed by atoms with Gasteiger partial charge < -0.3 is 20.1 Å². The summed E-state index contributed by atoms with van der Waals surface area (Å²) >= 11 is 0. The first-order valence-electron chi connectivity index (χ1n) is 14.1. The van der Waals surface area contributed by atoms with E-state index in [0.717, 1.165) is 42.4 Å². The van der Waals surface area contributed by atoms with Gasteiger partial charge in [0.05, 0.1) is 27.4 Å². The zero-order chi connectivity index (χ0) is 30.5. The van der Waals surface area contributed by atoms with E-state index in [1.54, 1.807) is 26.0 Å². The van der Waals surface area contributed by atoms with Crippen LogP contribution in [0.5, 0.6) is 5.75 Å². The molecule has 6 rings (SSSR count). The number of halogens is 2. The number of ether oxygens (including phenoxy) is 2. The van der Waals surface area contributed by atoms with Gasteiger partial charge in [0.1, 0.15) is 23.5 Å². The summed E-state index contributed by atoms with van der Waals surface area (Å²) in [4.78, 5) is 15.3. The Morgan fingerprint density at radius 2 is 1.81 bits per heavy atom. The smallest absolute Gasteiger partial charge is 0.258 e. The first-order valence-corrected chi connectivity index (χ1v) is 15.6. The number of rotatable bonds is 8. The van der Waals surface area contributed by atoms with Gasteiger partial charge >= 0.3 is 0 Å². The second kappa shape index (κ2) is 11.2. The van der Waals surface area contributed by atoms with Gasteiger partial charge in [-0.1, -0.05) is 0 Å². The van der Waals surface area contributed by atoms with E-state index in [4.69, 9.17) is 9.47 Å². The number of carbonyl (C=O) groups excluding carboxylic acids is 1. The van der Waals surface area contributed by atoms with Gasteiger partial charge in [-0.15, -0.1) is 0 Å². The standard InChI is InChI=1S/C29H34F2N6O5S/c1-29(2)26-24(16-37(29)43(39,40)22-11-17(30)10-18(31)12-22)27(35-34-26)33-28(38)23-5-4-20(42-21-14-36(3)15-21)13-25(23)32-19-6-8-41-9-7-19/h4-5,10-13,19,21,32H,6-9,14-16H2,1-3H3,(H2,33,34,35,38). The minimum atomic E-state index is -4.31. The van der Waals surface area contributed by atoms with Crippen LogP contribution in [0.3, 0.4) is 0 Å². The number of benzene rings is 2. The lowest BCUT2D eigenvalue weighted by Gasteiger charge is -2.36. The lowest BCUT2D eigenvalue weighted by molar-refractivity contribution is 0.0388. The van der Waals surface area contributed by atoms with Crippen molar-refractivity contribution in [1.82, 2.24) is 19.4 Å². The highest BCUT2D eigenvalue weighted by molar-refractivity contribution is 7.89. The van der Waals surface area contributed by atoms with E-state index in [1.807, 2.05) is 13.1 Å². The number of nitrogens with one attached hydrogen (secondary N) is 3. The lowest BCUT2D eigenvalue weighted by atomic mass is 10.0. The highest BCUT2D eigenvalue weighted by Crippen LogP contribution is 2.44. The molecule has 0 aliphatic carbocycles. The van der Waals surface area contributed by atoms with E-state index >= 15 is 0 Å². The summed E-state index contributed by atoms with van der Waals surface area (Å²) in [5, 5.41) is 13.5. The van der Waals surface area contributed by atoms with Gasteiger partial charge in [-0.25, -0.2) is 17.2 Å². The molecule has 0 unspecified atom stereocenters. The molecule has 3 N–H and O–H groups in total. The molecule has 1 amide bonds. The molecule has 0 radical (unpaired) electrons. The van der Waals surface area contributed by atoms with Gasteiger partial charge in [0.25, 0.3) is 5.91 Å². The number of nitrogens with zero attached hydrogens (tertiary/aromatic N) is 3. The largest absolute Gasteiger partial charge is 0.488 e. The number of aromatic amines is 1. The van der Waals surface area contributed by atoms with E-state index < -0.39 is 38.0 Å². The Hall–Kier alpha value is -3.59. The van der Waals surface area contributed by atoms with Gasteiger partial charge in [0.2, 0.25) is 10.0 Å². The van der Waals surface area contributed by atoms with Gasteiger partial charge in [-0.2, -0.15) is 9.40 Å². The number of hydrogen-bond donors (Lipinski definition) is 3. The quantitative estimate of drug-likeness (QED) is 0.350. The molecule has 11 nitrogen and oxygen atoms in total. The third kappa shape index (κ3) is 5.71. The Kier molecular flexibility index (Phi) is 7.65. The Labute approximate surface area is 248 Å². The number of anilines is 2. The molecular weight excluding hydrogens is 582 g/mol. The number of aromatic nitrogens is 2. The number of hydrogen-bond acceptors (Lipinski definition) is 8. The van der Waals surface area contributed by atoms with Crippen LogP contribution < -0.4 is 15.4 Å². The third-order valence-electron chi connectivity index (χ3n) is 8.21. The Morgan fingerprint density at radius 3 is 2.49 bits per heavy atom. The fourth-order valence-corrected chi connectivity index (χ4v) is 7.61. The molecule has 0 bridgehead atoms. The number of amides is 1. The number of carbonyl (C=O) groups is 1. The molecule has 3 aromatic rings. The molecular formula is C29H34F2N6O5S. The van der Waals surface area contributed by atoms with Crippen molar-refractivity contribution in [2.45, 2.75) is 55.8 Å². The topological polar surface area (TPSA) is 129 Å². The van der Waals surface area contributed by atoms with Crippen LogP contribution in [0.1, 0.15) is 48.3 Å². The van der Waals surface area contributed by atoms with Crippen molar-refractivity contribution >= 4 is 27.4 Å². The van der Waals surface area contributed by atoms with Crippen LogP contribution in [0.4, 0.5) is 20.3 Å². The molecule has 1 aromatic heterocycles. The number of likely N-dealkylation sites (N-methyl/N-ethyl adjacent to an activating group) is 1. The molecule has 14 heteroatoms. The molecule has 3 aliphatic heterocycles. The average Bonchev–Trinajstić information content (AvgIpc) is 3.45. The predicted molar refractivity (Wildman–Crippen MR) is 154 cm³/mol. The normalized spacial score (nSPS) is 19.6. The summed E-state index contributed by atoms with van der Waals surface area (Å²) in [7, 11) is -2.29. The summed E-state index contributed by atoms with van der Waals surface area (Å²) in [6.45, 7) is 6.06. The van der Waals surface area contributed by atoms with Crippen LogP contribution in [-0.4, -0.2) is 79.2 Å². The van der Waals surface area contributed by atoms with E-state index in [0.29, 0.717) is 47.5 Å². The Bertz CT molecular complexity index is 1630. The second-order valence-corrected chi connectivity index (χ2v) is 13.6. The minimum absolute atomic E-state index is 0.0821. The van der Waals surface area contributed by atoms with Crippen molar-refractivity contribution in [3.8, 4) is 5.75 Å². The van der Waals surface area contributed by atoms with E-state index in [2.05, 4.69) is 25.7 Å². The van der Waals surface area contributed by atoms with Gasteiger partial charge in [-0.3, -0.25) is 14.8 Å². The molecule has 43 heavy (non-hydrogen) atoms. The predicted octanol–water partition coefficient (Wildman–Crippen LogP) is 3.66. The first-order chi connectivity index (χ1) is 20.4. The fraction of sp³-hybridized carbons (Fsp3) is 0.448. The maximum absolute atomic E-state index is 13.9. The third-order valence-corrected chi connectivity index (χ3v) is 10.2. The van der Waals surface area contributed by atoms with Crippen molar-refractivity contribution < 1.29 is 31.5 Å². The van der Waals surface area contributed by atoms with E-state index in [9.17, 15) is 22.0 Å². The van der Waals surface area contributed by atoms with Crippen molar-refractivity contribution in [3.05, 3.63) is 64.9 Å². The number of fused-ring (bicyclic) bond motifs is 1. The molecule has 3 aliphatic rings. The number of likely N-dealkylation sites (tertiary alicyclic amines) is 1. The zero-order valence-corrected chi connectivity index (χ0v) is 24.9. The minimum Gasteiger partial charge on any atom is -0.488 e. The summed E-state index contributed by atoms with van der Waals surface area (Å²) in [5.41, 5.74) is 0.777. The highest BCUT2D eigenvalue weighted by Gasteiger charge is 2.48. The average molecular weight is 617 g/mol. The molecule has 2 aromatic carbocycles. The summed E-state index contributed by atoms with van der Waals surface area (Å²) in [6, 6.07) is 7.58. The van der Waals surface area contributed by atoms with Crippen LogP contribution in [0, 0.1) is 11.6 Å². The second-order valence-electron chi connectivity index (χ2n) is 11.8. The van der Waals surface area contributed by atoms with Gasteiger partial charge in [0.15, 0.2) is 5.82 Å². The van der Waals surface area contributed by atoms with E-state index in [1.165, 1.54) is 0 Å². The summed E-state index contributed by atoms with van der Waals surface area (Å²) in [6.07, 6.45) is 1.67. The SMILES string of the molecule is CN1CC(Oc2ccc(C(=O)Nc3n[nH]c4c3CN(S(=O)(=O)c3cc(F)cc(F)c3)C4(C)C)c(NC3CCOCC3)c2)C1. The van der Waals surface area contributed by atoms with Crippen molar-refractivity contribution in [1.29, 1.82) is 0 Å². The van der Waals surface area contributed by atoms with Crippen molar-refractivity contribution in [3.63, 3.8) is 0 Å². The number of sulfonamides is 1. The van der Waals surface area contributed by atoms with Gasteiger partial charge in [0, 0.05) is 56.6 Å². The Balaban J connectivity index is 1.25. The van der Waals surface area contributed by atoms with Crippen molar-refractivity contribution in [2.75, 3.05) is 44.0 Å². The fourth-order valence-electron chi connectivity index (χ4n) is 5.84. The lowest BCUT2D eigenvalue weighted by Crippen LogP contribution is -2.51. The molecule has 0 atom stereocenters. The van der Waals surface area contributed by atoms with Crippen LogP contribution in [-0.2, 0) is 26.8 Å². The summed E-state index contributed by atoms with van der Waals surface area (Å²) < 4.78 is 67.5. The van der Waals surface area contributed by atoms with Crippen LogP contribution in [0.2, 0.25) is 0 Å². The van der Waals surface area contributed by atoms with Gasteiger partial charge in [-0.05, 0) is 58.0 Å². The Morgan fingerprint density at radius 1 is 1.12 bits per heavy atom. The number of H-pyrrole nitrogens is 1. The highest BCUT2D eigenvalue weighted by atomic mass is 32.2. The van der Waals surface area contributed by atoms with Crippen molar-refractivity contribution in [2.24, 2.45) is 0 Å². The maximum Gasteiger partial charge on any atom is 0.258 e. The molecule has 0 spiro atoms. The van der Waals surface area contributed by atoms with Crippen LogP contribution in [0.15, 0.2) is 41.3 Å². The maximum atomic E-state index is 13.9. The van der Waals surface area contributed by atoms with Crippen LogP contribution in [0.25, 0.3) is 0 Å². The van der Waals surface area contributed by atoms with E-state index in [-0.39, 0.29) is 24.5 Å². The van der Waals surface area contributed by atoms with Crippen LogP contribution >= 0.6 is 0 Å². The zero-order valence-electron chi connectivity index (χ0n) is 24.1. The molecule has 0 saturated carbocycles. The monoisotopic (exact) mass is 616 g/mol. The molecule has 4 heterocycles. The molecule has 2 saturated heterocycles.